The van der Waals surface area contributed by atoms with E-state index in [0.717, 1.165) is 16.9 Å². The van der Waals surface area contributed by atoms with Gasteiger partial charge in [-0.3, -0.25) is 14.5 Å². The van der Waals surface area contributed by atoms with E-state index in [-0.39, 0.29) is 16.1 Å². The minimum atomic E-state index is -3.45. The number of hydrogen-bond acceptors (Lipinski definition) is 6. The Balaban J connectivity index is 1.53. The van der Waals surface area contributed by atoms with Gasteiger partial charge < -0.3 is 5.32 Å². The Morgan fingerprint density at radius 3 is 2.64 bits per heavy atom. The van der Waals surface area contributed by atoms with Crippen LogP contribution in [0, 0.1) is 12.7 Å². The average Bonchev–Trinajstić information content (AvgIpc) is 3.51. The first-order valence-corrected chi connectivity index (χ1v) is 13.0. The average molecular weight is 509 g/mol. The first-order chi connectivity index (χ1) is 15.5. The van der Waals surface area contributed by atoms with Gasteiger partial charge >= 0.3 is 0 Å². The highest BCUT2D eigenvalue weighted by Crippen LogP contribution is 2.34. The number of aryl methyl sites for hydroxylation is 1. The molecule has 1 saturated carbocycles. The maximum atomic E-state index is 14.9. The molecule has 0 bridgehead atoms. The molecule has 0 spiro atoms. The largest absolute Gasteiger partial charge is 0.323 e. The molecule has 3 aromatic rings. The molecule has 1 fully saturated rings. The summed E-state index contributed by atoms with van der Waals surface area (Å²) in [6.07, 6.45) is 4.36. The van der Waals surface area contributed by atoms with Crippen molar-refractivity contribution in [1.29, 1.82) is 0 Å². The van der Waals surface area contributed by atoms with E-state index >= 15 is 0 Å². The van der Waals surface area contributed by atoms with Crippen LogP contribution in [0.2, 0.25) is 5.02 Å². The topological polar surface area (TPSA) is 101 Å². The van der Waals surface area contributed by atoms with E-state index in [1.807, 2.05) is 0 Å². The van der Waals surface area contributed by atoms with Gasteiger partial charge in [-0.2, -0.15) is 0 Å². The summed E-state index contributed by atoms with van der Waals surface area (Å²) in [5, 5.41) is 4.53. The van der Waals surface area contributed by atoms with E-state index in [9.17, 15) is 17.6 Å². The van der Waals surface area contributed by atoms with Crippen molar-refractivity contribution in [2.24, 2.45) is 0 Å². The Morgan fingerprint density at radius 2 is 1.97 bits per heavy atom. The second-order valence-corrected chi connectivity index (χ2v) is 11.8. The number of carbonyl (C=O) groups excluding carboxylic acids is 1. The molecular formula is C22H22ClFN4O3S2. The third-order valence-electron chi connectivity index (χ3n) is 5.48. The van der Waals surface area contributed by atoms with Crippen LogP contribution in [0.1, 0.15) is 37.9 Å². The van der Waals surface area contributed by atoms with Crippen LogP contribution in [0.5, 0.6) is 0 Å². The fourth-order valence-corrected chi connectivity index (χ4v) is 5.88. The van der Waals surface area contributed by atoms with Crippen LogP contribution in [-0.2, 0) is 20.2 Å². The number of halogens is 2. The molecule has 1 aliphatic rings. The number of thiazole rings is 1. The van der Waals surface area contributed by atoms with E-state index < -0.39 is 27.2 Å². The Kier molecular flexibility index (Phi) is 6.19. The second-order valence-electron chi connectivity index (χ2n) is 8.50. The minimum absolute atomic E-state index is 0.0363. The lowest BCUT2D eigenvalue weighted by molar-refractivity contribution is -0.120. The van der Waals surface area contributed by atoms with Crippen molar-refractivity contribution < 1.29 is 17.6 Å². The van der Waals surface area contributed by atoms with Crippen LogP contribution in [0.15, 0.2) is 36.0 Å². The zero-order valence-corrected chi connectivity index (χ0v) is 20.5. The quantitative estimate of drug-likeness (QED) is 0.461. The minimum Gasteiger partial charge on any atom is -0.323 e. The molecule has 7 nitrogen and oxygen atoms in total. The third kappa shape index (κ3) is 5.02. The van der Waals surface area contributed by atoms with Crippen LogP contribution in [0.4, 0.5) is 15.2 Å². The van der Waals surface area contributed by atoms with Gasteiger partial charge in [0.15, 0.2) is 5.13 Å². The van der Waals surface area contributed by atoms with Crippen molar-refractivity contribution in [2.45, 2.75) is 44.3 Å². The molecule has 2 N–H and O–H groups in total. The van der Waals surface area contributed by atoms with E-state index in [0.29, 0.717) is 34.7 Å². The van der Waals surface area contributed by atoms with Gasteiger partial charge in [0.25, 0.3) is 0 Å². The zero-order chi connectivity index (χ0) is 24.0. The number of amides is 1. The number of carbonyl (C=O) groups is 1. The van der Waals surface area contributed by atoms with Crippen molar-refractivity contribution in [2.75, 3.05) is 10.0 Å². The highest BCUT2D eigenvalue weighted by molar-refractivity contribution is 7.93. The van der Waals surface area contributed by atoms with Crippen LogP contribution in [-0.4, -0.2) is 29.5 Å². The summed E-state index contributed by atoms with van der Waals surface area (Å²) < 4.78 is 41.6. The van der Waals surface area contributed by atoms with Gasteiger partial charge in [0.2, 0.25) is 15.9 Å². The van der Waals surface area contributed by atoms with Gasteiger partial charge in [-0.25, -0.2) is 17.8 Å². The van der Waals surface area contributed by atoms with Gasteiger partial charge in [0, 0.05) is 23.3 Å². The van der Waals surface area contributed by atoms with Crippen molar-refractivity contribution in [3.8, 4) is 11.1 Å². The molecule has 0 aliphatic heterocycles. The molecule has 1 aromatic carbocycles. The number of aromatic nitrogens is 2. The summed E-state index contributed by atoms with van der Waals surface area (Å²) in [6.45, 7) is 5.09. The summed E-state index contributed by atoms with van der Waals surface area (Å²) in [6, 6.07) is 4.57. The summed E-state index contributed by atoms with van der Waals surface area (Å²) in [4.78, 5) is 21.4. The van der Waals surface area contributed by atoms with E-state index in [4.69, 9.17) is 11.6 Å². The standard InChI is InChI=1S/C22H22ClFN4O3S2/c1-12-6-18(17(24)8-16(12)13-7-14(23)10-25-9-13)26-20(29)22(2,3)19-11-32-21(27-19)28-33(30,31)15-4-5-15/h6-11,15H,4-5H2,1-3H3,(H,26,29)(H,27,28). The molecule has 11 heteroatoms. The number of pyridine rings is 1. The van der Waals surface area contributed by atoms with Crippen LogP contribution >= 0.6 is 22.9 Å². The molecule has 0 radical (unpaired) electrons. The SMILES string of the molecule is Cc1cc(NC(=O)C(C)(C)c2csc(NS(=O)(=O)C3CC3)n2)c(F)cc1-c1cncc(Cl)c1. The maximum absolute atomic E-state index is 14.9. The molecule has 4 rings (SSSR count). The smallest absolute Gasteiger partial charge is 0.237 e. The van der Waals surface area contributed by atoms with Gasteiger partial charge in [-0.1, -0.05) is 11.6 Å². The predicted molar refractivity (Wildman–Crippen MR) is 129 cm³/mol. The van der Waals surface area contributed by atoms with Gasteiger partial charge in [-0.15, -0.1) is 11.3 Å². The lowest BCUT2D eigenvalue weighted by atomic mass is 9.88. The van der Waals surface area contributed by atoms with Gasteiger partial charge in [0.05, 0.1) is 27.1 Å². The maximum Gasteiger partial charge on any atom is 0.237 e. The number of hydrogen-bond donors (Lipinski definition) is 2. The van der Waals surface area contributed by atoms with Gasteiger partial charge in [0.1, 0.15) is 5.82 Å². The first kappa shape index (κ1) is 23.6. The van der Waals surface area contributed by atoms with Gasteiger partial charge in [-0.05, 0) is 62.9 Å². The molecule has 33 heavy (non-hydrogen) atoms. The third-order valence-corrected chi connectivity index (χ3v) is 8.40. The number of nitrogens with zero attached hydrogens (tertiary/aromatic N) is 2. The van der Waals surface area contributed by atoms with Crippen molar-refractivity contribution in [1.82, 2.24) is 9.97 Å². The van der Waals surface area contributed by atoms with Crippen molar-refractivity contribution in [3.05, 3.63) is 58.1 Å². The number of rotatable bonds is 7. The Morgan fingerprint density at radius 1 is 1.24 bits per heavy atom. The van der Waals surface area contributed by atoms with E-state index in [1.165, 1.54) is 12.3 Å². The molecular weight excluding hydrogens is 487 g/mol. The van der Waals surface area contributed by atoms with Crippen LogP contribution in [0.3, 0.4) is 0 Å². The summed E-state index contributed by atoms with van der Waals surface area (Å²) >= 11 is 7.10. The highest BCUT2D eigenvalue weighted by Gasteiger charge is 2.37. The summed E-state index contributed by atoms with van der Waals surface area (Å²) in [5.74, 6) is -1.07. The normalized spacial score (nSPS) is 14.2. The molecule has 174 valence electrons. The first-order valence-electron chi connectivity index (χ1n) is 10.2. The van der Waals surface area contributed by atoms with E-state index in [2.05, 4.69) is 20.0 Å². The van der Waals surface area contributed by atoms with Crippen LogP contribution in [0.25, 0.3) is 11.1 Å². The monoisotopic (exact) mass is 508 g/mol. The van der Waals surface area contributed by atoms with Crippen molar-refractivity contribution in [3.63, 3.8) is 0 Å². The number of anilines is 2. The molecule has 0 saturated heterocycles. The second kappa shape index (κ2) is 8.66. The molecule has 0 unspecified atom stereocenters. The molecule has 0 atom stereocenters. The number of nitrogens with one attached hydrogen (secondary N) is 2. The lowest BCUT2D eigenvalue weighted by Gasteiger charge is -2.22. The summed E-state index contributed by atoms with van der Waals surface area (Å²) in [5.41, 5.74) is 1.31. The fourth-order valence-electron chi connectivity index (χ4n) is 3.23. The Labute approximate surface area is 200 Å². The molecule has 2 heterocycles. The number of sulfonamides is 1. The summed E-state index contributed by atoms with van der Waals surface area (Å²) in [7, 11) is -3.45. The number of benzene rings is 1. The molecule has 1 aliphatic carbocycles. The lowest BCUT2D eigenvalue weighted by Crippen LogP contribution is -2.35. The predicted octanol–water partition coefficient (Wildman–Crippen LogP) is 5.13. The highest BCUT2D eigenvalue weighted by atomic mass is 35.5. The van der Waals surface area contributed by atoms with Crippen molar-refractivity contribution >= 4 is 49.7 Å². The zero-order valence-electron chi connectivity index (χ0n) is 18.1. The molecule has 2 aromatic heterocycles. The Hall–Kier alpha value is -2.56. The molecule has 1 amide bonds. The van der Waals surface area contributed by atoms with Crippen LogP contribution < -0.4 is 10.0 Å². The fraction of sp³-hybridized carbons (Fsp3) is 0.318. The Bertz CT molecular complexity index is 1340. The van der Waals surface area contributed by atoms with E-state index in [1.54, 1.807) is 44.5 Å².